The molecule has 1 amide bonds. The molecule has 1 fully saturated rings. The second-order valence-electron chi connectivity index (χ2n) is 14.6. The summed E-state index contributed by atoms with van der Waals surface area (Å²) in [7, 11) is 1.64. The molecule has 59 heavy (non-hydrogen) atoms. The Bertz CT molecular complexity index is 2880. The molecule has 0 spiro atoms. The third-order valence-electron chi connectivity index (χ3n) is 10.8. The van der Waals surface area contributed by atoms with Crippen molar-refractivity contribution in [3.05, 3.63) is 134 Å². The zero-order chi connectivity index (χ0) is 41.5. The number of hydrogen-bond acceptors (Lipinski definition) is 7. The maximum absolute atomic E-state index is 15.5. The molecule has 1 saturated carbocycles. The maximum atomic E-state index is 15.5. The van der Waals surface area contributed by atoms with Crippen molar-refractivity contribution in [2.24, 2.45) is 13.0 Å². The van der Waals surface area contributed by atoms with Gasteiger partial charge >= 0.3 is 0 Å². The van der Waals surface area contributed by atoms with Crippen LogP contribution in [0.1, 0.15) is 53.1 Å². The SMILES string of the molecule is CSNc1nn(C)c2c(-n3c(C(Cc4cc(F)cc(F)c4)NC(=O)Cn4nc(C(F)F)c5c4C(F)(F)C4CC54)nc4cc(-c5ccccc5)ccc4c3=O)ccc(Cl)c12. The summed E-state index contributed by atoms with van der Waals surface area (Å²) < 4.78 is 95.1. The van der Waals surface area contributed by atoms with Gasteiger partial charge in [0, 0.05) is 37.3 Å². The number of hydrogen-bond donors (Lipinski definition) is 2. The fraction of sp³-hybridized carbons (Fsp3) is 0.244. The molecule has 0 bridgehead atoms. The quantitative estimate of drug-likeness (QED) is 0.0988. The summed E-state index contributed by atoms with van der Waals surface area (Å²) in [5.41, 5.74) is 0.00266. The van der Waals surface area contributed by atoms with E-state index < -0.39 is 71.3 Å². The zero-order valence-electron chi connectivity index (χ0n) is 31.0. The molecule has 3 aromatic heterocycles. The van der Waals surface area contributed by atoms with Gasteiger partial charge < -0.3 is 10.0 Å². The first kappa shape index (κ1) is 38.7. The Morgan fingerprint density at radius 1 is 1.00 bits per heavy atom. The minimum absolute atomic E-state index is 0.0322. The van der Waals surface area contributed by atoms with Crippen LogP contribution in [-0.2, 0) is 30.7 Å². The largest absolute Gasteiger partial charge is 0.344 e. The van der Waals surface area contributed by atoms with Crippen LogP contribution in [-0.4, -0.2) is 41.3 Å². The number of carbonyl (C=O) groups excluding carboxylic acids is 1. The minimum atomic E-state index is -3.50. The van der Waals surface area contributed by atoms with Crippen LogP contribution < -0.4 is 15.6 Å². The van der Waals surface area contributed by atoms with E-state index in [2.05, 4.69) is 20.2 Å². The number of rotatable bonds is 11. The number of amides is 1. The molecule has 4 aromatic carbocycles. The lowest BCUT2D eigenvalue weighted by atomic mass is 10.0. The molecule has 7 aromatic rings. The number of carbonyl (C=O) groups is 1. The molecule has 2 N–H and O–H groups in total. The van der Waals surface area contributed by atoms with Crippen LogP contribution >= 0.6 is 23.5 Å². The second kappa shape index (κ2) is 14.5. The Morgan fingerprint density at radius 2 is 1.75 bits per heavy atom. The van der Waals surface area contributed by atoms with Crippen LogP contribution in [0.15, 0.2) is 83.7 Å². The van der Waals surface area contributed by atoms with Gasteiger partial charge in [-0.1, -0.05) is 59.9 Å². The first-order valence-electron chi connectivity index (χ1n) is 18.3. The summed E-state index contributed by atoms with van der Waals surface area (Å²) >= 11 is 7.98. The number of nitrogens with zero attached hydrogens (tertiary/aromatic N) is 6. The lowest BCUT2D eigenvalue weighted by molar-refractivity contribution is -0.123. The highest BCUT2D eigenvalue weighted by atomic mass is 35.5. The number of aromatic nitrogens is 6. The van der Waals surface area contributed by atoms with Gasteiger partial charge in [0.2, 0.25) is 5.91 Å². The molecule has 3 atom stereocenters. The van der Waals surface area contributed by atoms with E-state index in [1.165, 1.54) is 21.2 Å². The van der Waals surface area contributed by atoms with E-state index in [1.807, 2.05) is 30.3 Å². The van der Waals surface area contributed by atoms with Crippen molar-refractivity contribution in [1.29, 1.82) is 0 Å². The number of fused-ring (bicyclic) bond motifs is 5. The fourth-order valence-corrected chi connectivity index (χ4v) is 8.89. The van der Waals surface area contributed by atoms with Crippen molar-refractivity contribution >= 4 is 57.1 Å². The standard InChI is InChI=1S/C41H31ClF6N8O2S/c1-54-35-30(11-10-27(42)33(35)38(52-54)53-59-2)56-39(50-28-15-21(8-9-24(28)40(56)58)20-6-4-3-5-7-20)29(14-19-12-22(43)16-23(44)13-19)49-31(57)18-55-36-32(34(51-55)37(45)46)25-17-26(25)41(36,47)48/h3-13,15-16,25-26,29,37H,14,17-18H2,1-2H3,(H,49,57)(H,52,53). The summed E-state index contributed by atoms with van der Waals surface area (Å²) in [4.78, 5) is 34.0. The molecule has 302 valence electrons. The smallest absolute Gasteiger partial charge is 0.293 e. The monoisotopic (exact) mass is 848 g/mol. The third kappa shape index (κ3) is 6.59. The first-order chi connectivity index (χ1) is 28.2. The normalized spacial score (nSPS) is 17.1. The Morgan fingerprint density at radius 3 is 2.46 bits per heavy atom. The number of benzene rings is 4. The predicted molar refractivity (Wildman–Crippen MR) is 212 cm³/mol. The van der Waals surface area contributed by atoms with Gasteiger partial charge in [-0.2, -0.15) is 19.0 Å². The van der Waals surface area contributed by atoms with Gasteiger partial charge in [-0.15, -0.1) is 0 Å². The summed E-state index contributed by atoms with van der Waals surface area (Å²) in [6, 6.07) is 18.8. The van der Waals surface area contributed by atoms with Crippen LogP contribution in [0, 0.1) is 17.6 Å². The van der Waals surface area contributed by atoms with E-state index in [-0.39, 0.29) is 46.4 Å². The average Bonchev–Trinajstić information content (AvgIpc) is 3.73. The van der Waals surface area contributed by atoms with E-state index >= 15 is 8.78 Å². The Kier molecular flexibility index (Phi) is 9.50. The van der Waals surface area contributed by atoms with Gasteiger partial charge in [-0.3, -0.25) is 23.5 Å². The molecule has 2 aliphatic carbocycles. The van der Waals surface area contributed by atoms with E-state index in [1.54, 1.807) is 43.6 Å². The molecule has 0 saturated heterocycles. The number of aryl methyl sites for hydroxylation is 1. The topological polar surface area (TPSA) is 112 Å². The first-order valence-corrected chi connectivity index (χ1v) is 19.9. The molecule has 10 nitrogen and oxygen atoms in total. The zero-order valence-corrected chi connectivity index (χ0v) is 32.6. The van der Waals surface area contributed by atoms with Crippen molar-refractivity contribution in [3.8, 4) is 16.8 Å². The van der Waals surface area contributed by atoms with E-state index in [0.29, 0.717) is 38.1 Å². The van der Waals surface area contributed by atoms with Crippen LogP contribution in [0.3, 0.4) is 0 Å². The summed E-state index contributed by atoms with van der Waals surface area (Å²) in [6.07, 6.45) is -1.70. The van der Waals surface area contributed by atoms with Gasteiger partial charge in [0.15, 0.2) is 5.82 Å². The minimum Gasteiger partial charge on any atom is -0.344 e. The lowest BCUT2D eigenvalue weighted by Crippen LogP contribution is -2.38. The highest BCUT2D eigenvalue weighted by molar-refractivity contribution is 7.99. The number of halogens is 7. The molecule has 18 heteroatoms. The number of nitrogens with one attached hydrogen (secondary N) is 2. The van der Waals surface area contributed by atoms with Crippen LogP contribution in [0.2, 0.25) is 5.02 Å². The van der Waals surface area contributed by atoms with Gasteiger partial charge in [-0.05, 0) is 65.4 Å². The fourth-order valence-electron chi connectivity index (χ4n) is 8.31. The molecule has 3 heterocycles. The molecular weight excluding hydrogens is 818 g/mol. The number of anilines is 1. The van der Waals surface area contributed by atoms with Crippen LogP contribution in [0.5, 0.6) is 0 Å². The molecule has 3 unspecified atom stereocenters. The van der Waals surface area contributed by atoms with Crippen molar-refractivity contribution in [1.82, 2.24) is 34.4 Å². The van der Waals surface area contributed by atoms with Crippen LogP contribution in [0.25, 0.3) is 38.6 Å². The molecule has 0 aliphatic heterocycles. The third-order valence-corrected chi connectivity index (χ3v) is 11.5. The van der Waals surface area contributed by atoms with Crippen molar-refractivity contribution in [3.63, 3.8) is 0 Å². The maximum Gasteiger partial charge on any atom is 0.293 e. The Balaban J connectivity index is 1.25. The molecule has 0 radical (unpaired) electrons. The highest BCUT2D eigenvalue weighted by Gasteiger charge is 2.67. The van der Waals surface area contributed by atoms with Crippen LogP contribution in [0.4, 0.5) is 32.2 Å². The highest BCUT2D eigenvalue weighted by Crippen LogP contribution is 2.68. The number of alkyl halides is 4. The molecular formula is C41H31ClF6N8O2S. The van der Waals surface area contributed by atoms with Gasteiger partial charge in [-0.25, -0.2) is 22.5 Å². The molecule has 2 aliphatic rings. The summed E-state index contributed by atoms with van der Waals surface area (Å²) in [5.74, 6) is -7.98. The van der Waals surface area contributed by atoms with Crippen molar-refractivity contribution in [2.45, 2.75) is 43.7 Å². The predicted octanol–water partition coefficient (Wildman–Crippen LogP) is 9.00. The second-order valence-corrected chi connectivity index (χ2v) is 15.6. The molecule has 9 rings (SSSR count). The van der Waals surface area contributed by atoms with Gasteiger partial charge in [0.25, 0.3) is 17.9 Å². The Hall–Kier alpha value is -5.81. The lowest BCUT2D eigenvalue weighted by Gasteiger charge is -2.24. The average molecular weight is 849 g/mol. The summed E-state index contributed by atoms with van der Waals surface area (Å²) in [5, 5.41) is 12.0. The van der Waals surface area contributed by atoms with E-state index in [0.717, 1.165) is 17.7 Å². The van der Waals surface area contributed by atoms with Crippen molar-refractivity contribution in [2.75, 3.05) is 11.0 Å². The Labute approximate surface area is 340 Å². The van der Waals surface area contributed by atoms with Crippen molar-refractivity contribution < 1.29 is 31.1 Å². The summed E-state index contributed by atoms with van der Waals surface area (Å²) in [6.45, 7) is -0.912. The van der Waals surface area contributed by atoms with E-state index in [4.69, 9.17) is 16.6 Å². The van der Waals surface area contributed by atoms with Gasteiger partial charge in [0.1, 0.15) is 35.4 Å². The van der Waals surface area contributed by atoms with E-state index in [9.17, 15) is 27.2 Å². The van der Waals surface area contributed by atoms with Gasteiger partial charge in [0.05, 0.1) is 38.6 Å².